The molecule has 0 aliphatic heterocycles. The number of hydrogen-bond donors (Lipinski definition) is 2. The monoisotopic (exact) mass is 309 g/mol. The molecule has 122 valence electrons. The van der Waals surface area contributed by atoms with Gasteiger partial charge in [-0.3, -0.25) is 9.59 Å². The van der Waals surface area contributed by atoms with Crippen LogP contribution >= 0.6 is 0 Å². The normalized spacial score (nSPS) is 13.3. The zero-order valence-corrected chi connectivity index (χ0v) is 13.4. The second-order valence-electron chi connectivity index (χ2n) is 5.62. The molecule has 1 rings (SSSR count). The van der Waals surface area contributed by atoms with Crippen LogP contribution in [0, 0.1) is 13.8 Å². The highest BCUT2D eigenvalue weighted by Crippen LogP contribution is 2.22. The fraction of sp³-hybridized carbons (Fsp3) is 0.500. The average molecular weight is 309 g/mol. The van der Waals surface area contributed by atoms with Gasteiger partial charge in [-0.25, -0.2) is 0 Å². The first-order valence-electron chi connectivity index (χ1n) is 6.98. The summed E-state index contributed by atoms with van der Waals surface area (Å²) in [6.45, 7) is 5.36. The molecule has 0 aliphatic carbocycles. The molecular formula is C16H23NO5. The van der Waals surface area contributed by atoms with Gasteiger partial charge >= 0.3 is 5.97 Å². The van der Waals surface area contributed by atoms with E-state index in [0.29, 0.717) is 5.75 Å². The second kappa shape index (κ2) is 7.79. The second-order valence-corrected chi connectivity index (χ2v) is 5.62. The van der Waals surface area contributed by atoms with Crippen LogP contribution < -0.4 is 10.1 Å². The fourth-order valence-electron chi connectivity index (χ4n) is 2.32. The van der Waals surface area contributed by atoms with Gasteiger partial charge in [0.25, 0.3) is 5.91 Å². The first-order chi connectivity index (χ1) is 10.3. The first kappa shape index (κ1) is 18.0. The van der Waals surface area contributed by atoms with Crippen molar-refractivity contribution in [3.05, 3.63) is 29.3 Å². The molecule has 0 aromatic heterocycles. The Morgan fingerprint density at radius 1 is 1.27 bits per heavy atom. The number of hydrogen-bond acceptors (Lipinski definition) is 4. The van der Waals surface area contributed by atoms with Crippen LogP contribution in [0.5, 0.6) is 5.75 Å². The Balaban J connectivity index is 2.66. The smallest absolute Gasteiger partial charge is 0.305 e. The SMILES string of the molecule is COCC(C)(CC(=O)O)NC(=O)COc1c(C)cccc1C. The van der Waals surface area contributed by atoms with E-state index < -0.39 is 11.5 Å². The number of nitrogens with one attached hydrogen (secondary N) is 1. The minimum atomic E-state index is -1.00. The van der Waals surface area contributed by atoms with Gasteiger partial charge in [-0.05, 0) is 31.9 Å². The van der Waals surface area contributed by atoms with Gasteiger partial charge < -0.3 is 19.9 Å². The molecule has 0 saturated heterocycles. The molecule has 22 heavy (non-hydrogen) atoms. The highest BCUT2D eigenvalue weighted by Gasteiger charge is 2.29. The van der Waals surface area contributed by atoms with Gasteiger partial charge in [-0.15, -0.1) is 0 Å². The highest BCUT2D eigenvalue weighted by atomic mass is 16.5. The van der Waals surface area contributed by atoms with Crippen LogP contribution in [0.15, 0.2) is 18.2 Å². The van der Waals surface area contributed by atoms with Crippen molar-refractivity contribution in [3.8, 4) is 5.75 Å². The third-order valence-corrected chi connectivity index (χ3v) is 3.20. The summed E-state index contributed by atoms with van der Waals surface area (Å²) >= 11 is 0. The number of carboxylic acid groups (broad SMARTS) is 1. The number of ether oxygens (including phenoxy) is 2. The Hall–Kier alpha value is -2.08. The maximum Gasteiger partial charge on any atom is 0.305 e. The molecule has 1 aromatic rings. The van der Waals surface area contributed by atoms with E-state index in [4.69, 9.17) is 14.6 Å². The number of carbonyl (C=O) groups excluding carboxylic acids is 1. The standard InChI is InChI=1S/C16H23NO5/c1-11-6-5-7-12(2)15(11)22-9-13(18)17-16(3,10-21-4)8-14(19)20/h5-7H,8-10H2,1-4H3,(H,17,18)(H,19,20). The molecule has 1 aromatic carbocycles. The summed E-state index contributed by atoms with van der Waals surface area (Å²) in [6.07, 6.45) is -0.226. The van der Waals surface area contributed by atoms with Crippen molar-refractivity contribution < 1.29 is 24.2 Å². The van der Waals surface area contributed by atoms with Crippen LogP contribution in [0.3, 0.4) is 0 Å². The molecule has 6 heteroatoms. The molecule has 1 atom stereocenters. The number of aryl methyl sites for hydroxylation is 2. The van der Waals surface area contributed by atoms with Crippen LogP contribution in [0.4, 0.5) is 0 Å². The van der Waals surface area contributed by atoms with Crippen molar-refractivity contribution in [2.45, 2.75) is 32.7 Å². The van der Waals surface area contributed by atoms with Gasteiger partial charge in [0.2, 0.25) is 0 Å². The number of methoxy groups -OCH3 is 1. The number of aliphatic carboxylic acids is 1. The Kier molecular flexibility index (Phi) is 6.37. The van der Waals surface area contributed by atoms with Crippen LogP contribution in [0.1, 0.15) is 24.5 Å². The highest BCUT2D eigenvalue weighted by molar-refractivity contribution is 5.79. The summed E-state index contributed by atoms with van der Waals surface area (Å²) < 4.78 is 10.5. The lowest BCUT2D eigenvalue weighted by atomic mass is 9.99. The van der Waals surface area contributed by atoms with Crippen LogP contribution in [-0.2, 0) is 14.3 Å². The lowest BCUT2D eigenvalue weighted by Crippen LogP contribution is -2.52. The zero-order valence-electron chi connectivity index (χ0n) is 13.4. The molecule has 0 spiro atoms. The Morgan fingerprint density at radius 3 is 2.36 bits per heavy atom. The molecule has 0 fully saturated rings. The van der Waals surface area contributed by atoms with E-state index in [1.165, 1.54) is 7.11 Å². The van der Waals surface area contributed by atoms with E-state index in [1.807, 2.05) is 32.0 Å². The molecule has 0 heterocycles. The molecule has 0 radical (unpaired) electrons. The van der Waals surface area contributed by atoms with E-state index in [1.54, 1.807) is 6.92 Å². The van der Waals surface area contributed by atoms with E-state index in [9.17, 15) is 9.59 Å². The van der Waals surface area contributed by atoms with Crippen LogP contribution in [0.2, 0.25) is 0 Å². The third kappa shape index (κ3) is 5.37. The van der Waals surface area contributed by atoms with E-state index in [2.05, 4.69) is 5.32 Å². The van der Waals surface area contributed by atoms with Crippen LogP contribution in [-0.4, -0.2) is 42.8 Å². The van der Waals surface area contributed by atoms with Crippen molar-refractivity contribution in [1.29, 1.82) is 0 Å². The number of carboxylic acids is 1. The third-order valence-electron chi connectivity index (χ3n) is 3.20. The first-order valence-corrected chi connectivity index (χ1v) is 6.98. The van der Waals surface area contributed by atoms with Crippen molar-refractivity contribution >= 4 is 11.9 Å². The molecule has 1 amide bonds. The molecule has 2 N–H and O–H groups in total. The van der Waals surface area contributed by atoms with Crippen molar-refractivity contribution in [1.82, 2.24) is 5.32 Å². The van der Waals surface area contributed by atoms with Crippen molar-refractivity contribution in [2.75, 3.05) is 20.3 Å². The van der Waals surface area contributed by atoms with Gasteiger partial charge in [0, 0.05) is 7.11 Å². The summed E-state index contributed by atoms with van der Waals surface area (Å²) in [5.41, 5.74) is 0.915. The van der Waals surface area contributed by atoms with E-state index in [0.717, 1.165) is 11.1 Å². The summed E-state index contributed by atoms with van der Waals surface area (Å²) in [6, 6.07) is 5.72. The van der Waals surface area contributed by atoms with Crippen molar-refractivity contribution in [3.63, 3.8) is 0 Å². The van der Waals surface area contributed by atoms with Crippen molar-refractivity contribution in [2.24, 2.45) is 0 Å². The maximum absolute atomic E-state index is 12.0. The van der Waals surface area contributed by atoms with E-state index >= 15 is 0 Å². The lowest BCUT2D eigenvalue weighted by molar-refractivity contribution is -0.139. The number of para-hydroxylation sites is 1. The van der Waals surface area contributed by atoms with Crippen LogP contribution in [0.25, 0.3) is 0 Å². The molecule has 0 aliphatic rings. The lowest BCUT2D eigenvalue weighted by Gasteiger charge is -2.28. The molecular weight excluding hydrogens is 286 g/mol. The predicted octanol–water partition coefficient (Wildman–Crippen LogP) is 1.68. The largest absolute Gasteiger partial charge is 0.483 e. The zero-order chi connectivity index (χ0) is 16.8. The van der Waals surface area contributed by atoms with Gasteiger partial charge in [0.1, 0.15) is 5.75 Å². The number of amides is 1. The number of benzene rings is 1. The summed E-state index contributed by atoms with van der Waals surface area (Å²) in [7, 11) is 1.46. The summed E-state index contributed by atoms with van der Waals surface area (Å²) in [5, 5.41) is 11.6. The maximum atomic E-state index is 12.0. The van der Waals surface area contributed by atoms with Gasteiger partial charge in [-0.1, -0.05) is 18.2 Å². The molecule has 0 saturated carbocycles. The van der Waals surface area contributed by atoms with E-state index in [-0.39, 0.29) is 25.5 Å². The summed E-state index contributed by atoms with van der Waals surface area (Å²) in [4.78, 5) is 22.9. The summed E-state index contributed by atoms with van der Waals surface area (Å²) in [5.74, 6) is -0.719. The molecule has 6 nitrogen and oxygen atoms in total. The number of carbonyl (C=O) groups is 2. The molecule has 0 bridgehead atoms. The Bertz CT molecular complexity index is 523. The van der Waals surface area contributed by atoms with Gasteiger partial charge in [0.15, 0.2) is 6.61 Å². The Labute approximate surface area is 130 Å². The topological polar surface area (TPSA) is 84.9 Å². The van der Waals surface area contributed by atoms with Gasteiger partial charge in [0.05, 0.1) is 18.6 Å². The Morgan fingerprint density at radius 2 is 1.86 bits per heavy atom. The fourth-order valence-corrected chi connectivity index (χ4v) is 2.32. The van der Waals surface area contributed by atoms with Gasteiger partial charge in [-0.2, -0.15) is 0 Å². The average Bonchev–Trinajstić information content (AvgIpc) is 2.36. The minimum Gasteiger partial charge on any atom is -0.483 e. The molecule has 1 unspecified atom stereocenters. The minimum absolute atomic E-state index is 0.106. The number of rotatable bonds is 8. The predicted molar refractivity (Wildman–Crippen MR) is 82.1 cm³/mol. The quantitative estimate of drug-likeness (QED) is 0.763.